The number of fused-ring (bicyclic) bond motifs is 5. The Morgan fingerprint density at radius 2 is 1.97 bits per heavy atom. The van der Waals surface area contributed by atoms with E-state index in [1.807, 2.05) is 12.5 Å². The Morgan fingerprint density at radius 3 is 2.71 bits per heavy atom. The smallest absolute Gasteiger partial charge is 0.161 e. The fourth-order valence-corrected chi connectivity index (χ4v) is 5.90. The van der Waals surface area contributed by atoms with Crippen molar-refractivity contribution in [2.24, 2.45) is 5.92 Å². The number of nitrogens with zero attached hydrogens (tertiary/aromatic N) is 4. The molecule has 2 aliphatic rings. The van der Waals surface area contributed by atoms with Crippen LogP contribution in [0, 0.1) is 11.7 Å². The minimum atomic E-state index is -0.962. The van der Waals surface area contributed by atoms with Gasteiger partial charge in [-0.3, -0.25) is 4.57 Å². The van der Waals surface area contributed by atoms with E-state index < -0.39 is 4.93 Å². The van der Waals surface area contributed by atoms with Crippen molar-refractivity contribution in [3.05, 3.63) is 78.5 Å². The average molecular weight is 477 g/mol. The van der Waals surface area contributed by atoms with Crippen LogP contribution >= 0.6 is 11.8 Å². The molecule has 0 spiro atoms. The SMILES string of the molecule is CS[C@@]1(O)CN(c2ccc3c(c2)Cn2cc(-c4ccc(F)cc4)cc2-c2nccn2-3)C[C@H]1CO. The Bertz CT molecular complexity index is 1370. The number of halogens is 1. The van der Waals surface area contributed by atoms with Gasteiger partial charge in [-0.2, -0.15) is 0 Å². The topological polar surface area (TPSA) is 66.5 Å². The van der Waals surface area contributed by atoms with E-state index in [2.05, 4.69) is 49.5 Å². The molecular weight excluding hydrogens is 451 g/mol. The van der Waals surface area contributed by atoms with Gasteiger partial charge in [0.25, 0.3) is 0 Å². The van der Waals surface area contributed by atoms with Crippen molar-refractivity contribution in [2.45, 2.75) is 11.5 Å². The van der Waals surface area contributed by atoms with E-state index in [-0.39, 0.29) is 18.3 Å². The highest BCUT2D eigenvalue weighted by atomic mass is 32.2. The van der Waals surface area contributed by atoms with Crippen LogP contribution in [0.15, 0.2) is 67.1 Å². The third kappa shape index (κ3) is 3.36. The third-order valence-electron chi connectivity index (χ3n) is 7.04. The molecule has 4 aromatic rings. The van der Waals surface area contributed by atoms with Crippen molar-refractivity contribution in [1.29, 1.82) is 0 Å². The molecule has 6 nitrogen and oxygen atoms in total. The van der Waals surface area contributed by atoms with Gasteiger partial charge in [0.15, 0.2) is 5.82 Å². The molecule has 4 heterocycles. The molecule has 6 rings (SSSR count). The van der Waals surface area contributed by atoms with Crippen LogP contribution in [0.25, 0.3) is 28.3 Å². The fourth-order valence-electron chi connectivity index (χ4n) is 5.13. The number of thioether (sulfide) groups is 1. The van der Waals surface area contributed by atoms with E-state index in [9.17, 15) is 14.6 Å². The van der Waals surface area contributed by atoms with E-state index in [1.54, 1.807) is 18.3 Å². The van der Waals surface area contributed by atoms with Gasteiger partial charge in [-0.15, -0.1) is 11.8 Å². The van der Waals surface area contributed by atoms with Crippen LogP contribution in [0.4, 0.5) is 10.1 Å². The summed E-state index contributed by atoms with van der Waals surface area (Å²) in [7, 11) is 0. The van der Waals surface area contributed by atoms with Crippen LogP contribution in [0.5, 0.6) is 0 Å². The van der Waals surface area contributed by atoms with Crippen molar-refractivity contribution in [1.82, 2.24) is 14.1 Å². The summed E-state index contributed by atoms with van der Waals surface area (Å²) in [5.41, 5.74) is 6.20. The lowest BCUT2D eigenvalue weighted by Gasteiger charge is -2.25. The molecule has 34 heavy (non-hydrogen) atoms. The second-order valence-electron chi connectivity index (χ2n) is 8.99. The summed E-state index contributed by atoms with van der Waals surface area (Å²) in [6.07, 6.45) is 7.75. The molecule has 1 fully saturated rings. The first-order valence-electron chi connectivity index (χ1n) is 11.3. The number of anilines is 1. The van der Waals surface area contributed by atoms with Gasteiger partial charge in [-0.25, -0.2) is 9.37 Å². The molecule has 0 radical (unpaired) electrons. The number of rotatable bonds is 4. The highest BCUT2D eigenvalue weighted by Gasteiger charge is 2.44. The number of imidazole rings is 1. The Hall–Kier alpha value is -3.07. The van der Waals surface area contributed by atoms with Gasteiger partial charge >= 0.3 is 0 Å². The van der Waals surface area contributed by atoms with E-state index in [0.29, 0.717) is 19.6 Å². The maximum Gasteiger partial charge on any atom is 0.161 e. The summed E-state index contributed by atoms with van der Waals surface area (Å²) < 4.78 is 17.7. The molecule has 0 amide bonds. The normalized spacial score (nSPS) is 21.2. The lowest BCUT2D eigenvalue weighted by molar-refractivity contribution is 0.0755. The van der Waals surface area contributed by atoms with Crippen LogP contribution in [-0.4, -0.2) is 55.2 Å². The second-order valence-corrected chi connectivity index (χ2v) is 10.1. The van der Waals surface area contributed by atoms with Gasteiger partial charge < -0.3 is 19.7 Å². The molecule has 0 saturated carbocycles. The number of aliphatic hydroxyl groups is 2. The van der Waals surface area contributed by atoms with E-state index in [1.165, 1.54) is 23.9 Å². The van der Waals surface area contributed by atoms with E-state index in [0.717, 1.165) is 39.6 Å². The molecule has 1 saturated heterocycles. The molecule has 174 valence electrons. The number of hydrogen-bond donors (Lipinski definition) is 2. The maximum atomic E-state index is 13.4. The first-order chi connectivity index (χ1) is 16.5. The monoisotopic (exact) mass is 476 g/mol. The molecule has 2 atom stereocenters. The van der Waals surface area contributed by atoms with Crippen LogP contribution in [0.2, 0.25) is 0 Å². The Morgan fingerprint density at radius 1 is 1.15 bits per heavy atom. The van der Waals surface area contributed by atoms with Crippen molar-refractivity contribution in [2.75, 3.05) is 30.9 Å². The third-order valence-corrected chi connectivity index (χ3v) is 8.21. The molecule has 0 aliphatic carbocycles. The number of aliphatic hydroxyl groups excluding tert-OH is 1. The minimum Gasteiger partial charge on any atom is -0.396 e. The van der Waals surface area contributed by atoms with E-state index in [4.69, 9.17) is 0 Å². The zero-order valence-corrected chi connectivity index (χ0v) is 19.5. The Balaban J connectivity index is 1.41. The zero-order valence-electron chi connectivity index (χ0n) is 18.7. The zero-order chi connectivity index (χ0) is 23.4. The van der Waals surface area contributed by atoms with Gasteiger partial charge in [0.2, 0.25) is 0 Å². The first kappa shape index (κ1) is 21.5. The average Bonchev–Trinajstić information content (AvgIpc) is 3.55. The van der Waals surface area contributed by atoms with Crippen LogP contribution < -0.4 is 4.90 Å². The summed E-state index contributed by atoms with van der Waals surface area (Å²) in [5, 5.41) is 20.8. The van der Waals surface area contributed by atoms with Gasteiger partial charge in [0.05, 0.1) is 24.5 Å². The van der Waals surface area contributed by atoms with Crippen molar-refractivity contribution in [3.63, 3.8) is 0 Å². The lowest BCUT2D eigenvalue weighted by atomic mass is 10.1. The Labute approximate surface area is 201 Å². The lowest BCUT2D eigenvalue weighted by Crippen LogP contribution is -2.35. The summed E-state index contributed by atoms with van der Waals surface area (Å²) in [5.74, 6) is 0.411. The van der Waals surface area contributed by atoms with Gasteiger partial charge in [0.1, 0.15) is 10.8 Å². The predicted octanol–water partition coefficient (Wildman–Crippen LogP) is 3.99. The highest BCUT2D eigenvalue weighted by molar-refractivity contribution is 7.99. The van der Waals surface area contributed by atoms with Gasteiger partial charge in [0, 0.05) is 48.8 Å². The van der Waals surface area contributed by atoms with Crippen molar-refractivity contribution < 1.29 is 14.6 Å². The summed E-state index contributed by atoms with van der Waals surface area (Å²) in [6.45, 7) is 1.69. The minimum absolute atomic E-state index is 0.0456. The quantitative estimate of drug-likeness (QED) is 0.384. The highest BCUT2D eigenvalue weighted by Crippen LogP contribution is 2.40. The summed E-state index contributed by atoms with van der Waals surface area (Å²) >= 11 is 1.40. The van der Waals surface area contributed by atoms with E-state index >= 15 is 0 Å². The second kappa shape index (κ2) is 8.01. The maximum absolute atomic E-state index is 13.4. The Kier molecular flexibility index (Phi) is 5.05. The number of benzene rings is 2. The van der Waals surface area contributed by atoms with Crippen LogP contribution in [0.3, 0.4) is 0 Å². The number of β-amino-alcohol motifs (C(OH)–C–C–N with tert-alkyl or cyclic N) is 1. The first-order valence-corrected chi connectivity index (χ1v) is 12.5. The van der Waals surface area contributed by atoms with Gasteiger partial charge in [-0.1, -0.05) is 12.1 Å². The molecule has 0 unspecified atom stereocenters. The molecule has 2 aliphatic heterocycles. The number of hydrogen-bond acceptors (Lipinski definition) is 5. The van der Waals surface area contributed by atoms with Crippen molar-refractivity contribution in [3.8, 4) is 28.3 Å². The molecule has 8 heteroatoms. The summed E-state index contributed by atoms with van der Waals surface area (Å²) in [4.78, 5) is 5.83. The van der Waals surface area contributed by atoms with Gasteiger partial charge in [-0.05, 0) is 53.8 Å². The van der Waals surface area contributed by atoms with Crippen LogP contribution in [0.1, 0.15) is 5.56 Å². The summed E-state index contributed by atoms with van der Waals surface area (Å²) in [6, 6.07) is 15.0. The molecule has 2 aromatic heterocycles. The fraction of sp³-hybridized carbons (Fsp3) is 0.269. The standard InChI is InChI=1S/C26H25FN4O2S/c1-34-26(33)16-30(14-20(26)15-32)22-6-7-23-19(10-22)13-29-12-18(17-2-4-21(27)5-3-17)11-24(29)25-28-8-9-31(23)25/h2-12,20,32-33H,13-16H2,1H3/t20-,26-/m0/s1. The number of aromatic nitrogens is 3. The predicted molar refractivity (Wildman–Crippen MR) is 133 cm³/mol. The van der Waals surface area contributed by atoms with Crippen LogP contribution in [-0.2, 0) is 6.54 Å². The van der Waals surface area contributed by atoms with Crippen molar-refractivity contribution >= 4 is 17.4 Å². The molecule has 2 N–H and O–H groups in total. The largest absolute Gasteiger partial charge is 0.396 e. The molecular formula is C26H25FN4O2S. The molecule has 2 aromatic carbocycles. The molecule has 0 bridgehead atoms.